The molecule has 0 saturated heterocycles. The first-order chi connectivity index (χ1) is 16.2. The van der Waals surface area contributed by atoms with Crippen molar-refractivity contribution in [2.45, 2.75) is 19.3 Å². The monoisotopic (exact) mass is 459 g/mol. The number of nitrogens with two attached hydrogens (primary N) is 1. The Bertz CT molecular complexity index is 1370. The molecule has 0 aliphatic heterocycles. The second kappa shape index (κ2) is 7.69. The number of ketones is 2. The van der Waals surface area contributed by atoms with Gasteiger partial charge in [-0.15, -0.1) is 0 Å². The molecule has 3 atom stereocenters. The molecular formula is C26H21NO7. The van der Waals surface area contributed by atoms with Gasteiger partial charge in [0.15, 0.2) is 11.6 Å². The predicted molar refractivity (Wildman–Crippen MR) is 120 cm³/mol. The van der Waals surface area contributed by atoms with Crippen molar-refractivity contribution < 1.29 is 34.5 Å². The summed E-state index contributed by atoms with van der Waals surface area (Å²) in [6, 6.07) is 9.96. The fourth-order valence-corrected chi connectivity index (χ4v) is 5.69. The number of phenols is 1. The van der Waals surface area contributed by atoms with Crippen molar-refractivity contribution in [2.24, 2.45) is 23.5 Å². The van der Waals surface area contributed by atoms with Crippen molar-refractivity contribution in [1.29, 1.82) is 0 Å². The van der Waals surface area contributed by atoms with Gasteiger partial charge >= 0.3 is 0 Å². The molecule has 5 N–H and O–H groups in total. The van der Waals surface area contributed by atoms with Crippen molar-refractivity contribution in [3.63, 3.8) is 0 Å². The molecule has 0 fully saturated rings. The second-order valence-electron chi connectivity index (χ2n) is 8.99. The Morgan fingerprint density at radius 2 is 1.82 bits per heavy atom. The van der Waals surface area contributed by atoms with Crippen LogP contribution in [0.15, 0.2) is 59.1 Å². The molecule has 0 heterocycles. The molecule has 2 aromatic carbocycles. The first-order valence-corrected chi connectivity index (χ1v) is 10.9. The molecule has 172 valence electrons. The smallest absolute Gasteiger partial charge is 0.255 e. The lowest BCUT2D eigenvalue weighted by Gasteiger charge is -2.41. The molecule has 0 aromatic heterocycles. The fourth-order valence-electron chi connectivity index (χ4n) is 5.69. The molecule has 8 heteroatoms. The maximum atomic E-state index is 13.6. The Hall–Kier alpha value is -4.20. The van der Waals surface area contributed by atoms with Crippen LogP contribution in [0, 0.1) is 17.8 Å². The van der Waals surface area contributed by atoms with Gasteiger partial charge in [-0.05, 0) is 53.5 Å². The minimum Gasteiger partial charge on any atom is -0.511 e. The quantitative estimate of drug-likeness (QED) is 0.406. The number of allylic oxidation sites excluding steroid dienone is 3. The van der Waals surface area contributed by atoms with E-state index in [1.807, 2.05) is 0 Å². The molecule has 8 nitrogen and oxygen atoms in total. The van der Waals surface area contributed by atoms with Crippen molar-refractivity contribution in [1.82, 2.24) is 0 Å². The van der Waals surface area contributed by atoms with E-state index in [-0.39, 0.29) is 23.3 Å². The first kappa shape index (κ1) is 21.6. The van der Waals surface area contributed by atoms with Crippen LogP contribution in [-0.4, -0.2) is 39.1 Å². The topological polar surface area (TPSA) is 155 Å². The molecule has 0 saturated carbocycles. The van der Waals surface area contributed by atoms with Gasteiger partial charge < -0.3 is 21.1 Å². The Morgan fingerprint density at radius 3 is 2.53 bits per heavy atom. The summed E-state index contributed by atoms with van der Waals surface area (Å²) in [5.74, 6) is -5.65. The number of Topliss-reactive ketones (excluding diaryl/α,β-unsaturated/α-hetero) is 2. The van der Waals surface area contributed by atoms with Crippen molar-refractivity contribution in [3.8, 4) is 16.9 Å². The zero-order valence-electron chi connectivity index (χ0n) is 17.9. The molecule has 3 aliphatic carbocycles. The van der Waals surface area contributed by atoms with Crippen LogP contribution >= 0.6 is 0 Å². The summed E-state index contributed by atoms with van der Waals surface area (Å²) in [7, 11) is 0. The van der Waals surface area contributed by atoms with Gasteiger partial charge in [-0.25, -0.2) is 0 Å². The van der Waals surface area contributed by atoms with E-state index in [4.69, 9.17) is 5.73 Å². The maximum Gasteiger partial charge on any atom is 0.255 e. The van der Waals surface area contributed by atoms with Crippen LogP contribution in [0.1, 0.15) is 39.1 Å². The lowest BCUT2D eigenvalue weighted by molar-refractivity contribution is -0.126. The number of amides is 1. The normalized spacial score (nSPS) is 23.8. The lowest BCUT2D eigenvalue weighted by Crippen LogP contribution is -2.43. The number of primary amides is 1. The molecule has 0 spiro atoms. The van der Waals surface area contributed by atoms with Crippen LogP contribution in [0.4, 0.5) is 0 Å². The van der Waals surface area contributed by atoms with E-state index in [0.29, 0.717) is 35.1 Å². The number of rotatable bonds is 3. The average molecular weight is 459 g/mol. The van der Waals surface area contributed by atoms with Crippen molar-refractivity contribution in [2.75, 3.05) is 0 Å². The number of hydrogen-bond acceptors (Lipinski definition) is 7. The molecule has 34 heavy (non-hydrogen) atoms. The minimum absolute atomic E-state index is 0.0160. The van der Waals surface area contributed by atoms with Gasteiger partial charge in [-0.2, -0.15) is 0 Å². The van der Waals surface area contributed by atoms with E-state index in [9.17, 15) is 34.5 Å². The fraction of sp³-hybridized carbons (Fsp3) is 0.231. The van der Waals surface area contributed by atoms with E-state index in [1.165, 1.54) is 6.07 Å². The number of fused-ring (bicyclic) bond motifs is 3. The average Bonchev–Trinajstić information content (AvgIpc) is 2.78. The summed E-state index contributed by atoms with van der Waals surface area (Å²) in [5.41, 5.74) is 7.24. The van der Waals surface area contributed by atoms with Gasteiger partial charge in [0, 0.05) is 17.6 Å². The number of aldehydes is 1. The summed E-state index contributed by atoms with van der Waals surface area (Å²) >= 11 is 0. The third-order valence-electron chi connectivity index (χ3n) is 7.10. The number of phenolic OH excluding ortho intramolecular Hbond substituents is 1. The summed E-state index contributed by atoms with van der Waals surface area (Å²) in [4.78, 5) is 49.4. The van der Waals surface area contributed by atoms with Crippen LogP contribution in [0.2, 0.25) is 0 Å². The summed E-state index contributed by atoms with van der Waals surface area (Å²) < 4.78 is 0. The van der Waals surface area contributed by atoms with Gasteiger partial charge in [-0.3, -0.25) is 19.2 Å². The third kappa shape index (κ3) is 3.06. The number of aromatic hydroxyl groups is 1. The van der Waals surface area contributed by atoms with Gasteiger partial charge in [0.2, 0.25) is 0 Å². The molecule has 3 unspecified atom stereocenters. The van der Waals surface area contributed by atoms with Crippen LogP contribution in [0.25, 0.3) is 11.1 Å². The van der Waals surface area contributed by atoms with Gasteiger partial charge in [0.25, 0.3) is 5.91 Å². The number of aliphatic hydroxyl groups excluding tert-OH is 2. The second-order valence-corrected chi connectivity index (χ2v) is 8.99. The Balaban J connectivity index is 1.65. The highest BCUT2D eigenvalue weighted by atomic mass is 16.3. The standard InChI is InChI=1S/C26H21NO7/c27-26(34)22-18(30)9-14-7-13-8-16-15(12-3-1-2-11(6-12)10-28)4-5-17(29)21(16)24(32)19(13)23(31)20(14)25(22)33/h1-6,10,13-14,20,29-31H,7-9H2,(H2,27,34). The summed E-state index contributed by atoms with van der Waals surface area (Å²) in [5, 5.41) is 31.9. The number of aliphatic hydroxyl groups is 2. The molecule has 2 aromatic rings. The highest BCUT2D eigenvalue weighted by Gasteiger charge is 2.50. The highest BCUT2D eigenvalue weighted by molar-refractivity contribution is 6.22. The highest BCUT2D eigenvalue weighted by Crippen LogP contribution is 2.50. The van der Waals surface area contributed by atoms with Crippen molar-refractivity contribution >= 4 is 23.8 Å². The summed E-state index contributed by atoms with van der Waals surface area (Å²) in [6.45, 7) is 0. The van der Waals surface area contributed by atoms with Crippen LogP contribution in [0.3, 0.4) is 0 Å². The largest absolute Gasteiger partial charge is 0.511 e. The molecule has 3 aliphatic rings. The maximum absolute atomic E-state index is 13.6. The number of carbonyl (C=O) groups is 4. The molecule has 5 rings (SSSR count). The molecular weight excluding hydrogens is 438 g/mol. The number of benzene rings is 2. The van der Waals surface area contributed by atoms with E-state index in [0.717, 1.165) is 6.29 Å². The van der Waals surface area contributed by atoms with Crippen LogP contribution in [-0.2, 0) is 16.0 Å². The zero-order valence-corrected chi connectivity index (χ0v) is 17.9. The third-order valence-corrected chi connectivity index (χ3v) is 7.10. The SMILES string of the molecule is NC(=O)C1=C(O)CC2CC3Cc4c(-c5cccc(C=O)c5)ccc(O)c4C(=O)C3=C(O)C2C1=O. The van der Waals surface area contributed by atoms with Gasteiger partial charge in [0.1, 0.15) is 29.1 Å². The Labute approximate surface area is 194 Å². The van der Waals surface area contributed by atoms with Crippen molar-refractivity contribution in [3.05, 3.63) is 75.8 Å². The number of hydrogen-bond donors (Lipinski definition) is 4. The molecule has 1 amide bonds. The zero-order chi connectivity index (χ0) is 24.3. The van der Waals surface area contributed by atoms with Gasteiger partial charge in [-0.1, -0.05) is 24.3 Å². The Morgan fingerprint density at radius 1 is 1.06 bits per heavy atom. The van der Waals surface area contributed by atoms with Crippen LogP contribution < -0.4 is 5.73 Å². The molecule has 0 bridgehead atoms. The van der Waals surface area contributed by atoms with E-state index in [1.54, 1.807) is 30.3 Å². The van der Waals surface area contributed by atoms with E-state index >= 15 is 0 Å². The van der Waals surface area contributed by atoms with E-state index < -0.39 is 52.3 Å². The molecule has 0 radical (unpaired) electrons. The number of carbonyl (C=O) groups excluding carboxylic acids is 4. The van der Waals surface area contributed by atoms with Crippen LogP contribution in [0.5, 0.6) is 5.75 Å². The Kier molecular flexibility index (Phi) is 4.89. The lowest BCUT2D eigenvalue weighted by atomic mass is 9.62. The van der Waals surface area contributed by atoms with Gasteiger partial charge in [0.05, 0.1) is 11.5 Å². The predicted octanol–water partition coefficient (Wildman–Crippen LogP) is 2.95. The summed E-state index contributed by atoms with van der Waals surface area (Å²) in [6.07, 6.45) is 1.33. The first-order valence-electron chi connectivity index (χ1n) is 10.9. The minimum atomic E-state index is -1.15. The van der Waals surface area contributed by atoms with E-state index in [2.05, 4.69) is 0 Å².